The number of amides is 2. The highest BCUT2D eigenvalue weighted by molar-refractivity contribution is 9.10. The summed E-state index contributed by atoms with van der Waals surface area (Å²) >= 11 is 3.36. The van der Waals surface area contributed by atoms with Gasteiger partial charge in [0, 0.05) is 15.7 Å². The van der Waals surface area contributed by atoms with Gasteiger partial charge in [-0.05, 0) is 49.7 Å². The molecule has 152 valence electrons. The summed E-state index contributed by atoms with van der Waals surface area (Å²) in [6.07, 6.45) is 0. The monoisotopic (exact) mass is 478 g/mol. The summed E-state index contributed by atoms with van der Waals surface area (Å²) in [4.78, 5) is 28.7. The number of sulfonamides is 1. The molecule has 0 fully saturated rings. The quantitative estimate of drug-likeness (QED) is 0.608. The average Bonchev–Trinajstić information content (AvgIpc) is 2.92. The van der Waals surface area contributed by atoms with Gasteiger partial charge in [0.15, 0.2) is 0 Å². The molecule has 2 aromatic carbocycles. The highest BCUT2D eigenvalue weighted by Gasteiger charge is 2.31. The van der Waals surface area contributed by atoms with Crippen LogP contribution in [0.1, 0.15) is 18.1 Å². The lowest BCUT2D eigenvalue weighted by Crippen LogP contribution is -2.38. The summed E-state index contributed by atoms with van der Waals surface area (Å²) in [6.45, 7) is 3.15. The van der Waals surface area contributed by atoms with Crippen molar-refractivity contribution in [2.75, 3.05) is 11.9 Å². The van der Waals surface area contributed by atoms with Crippen LogP contribution in [0.5, 0.6) is 0 Å². The summed E-state index contributed by atoms with van der Waals surface area (Å²) in [5.41, 5.74) is 1.94. The van der Waals surface area contributed by atoms with Gasteiger partial charge in [-0.1, -0.05) is 28.1 Å². The topological polar surface area (TPSA) is 117 Å². The molecule has 0 saturated heterocycles. The molecular weight excluding hydrogens is 460 g/mol. The maximum atomic E-state index is 12.3. The molecular formula is C19H19BrN4O4S. The zero-order valence-electron chi connectivity index (χ0n) is 15.7. The smallest absolute Gasteiger partial charge is 0.263 e. The van der Waals surface area contributed by atoms with Crippen LogP contribution in [-0.2, 0) is 19.6 Å². The SMILES string of the molecule is Cc1cc(Br)ccc1NC(=O)CNC(=O)[C@H](C)N=C1NS(=O)(=O)c2ccccc21. The Kier molecular flexibility index (Phi) is 6.04. The van der Waals surface area contributed by atoms with Crippen LogP contribution >= 0.6 is 15.9 Å². The Morgan fingerprint density at radius 1 is 1.21 bits per heavy atom. The fourth-order valence-corrected chi connectivity index (χ4v) is 4.47. The summed E-state index contributed by atoms with van der Waals surface area (Å²) in [6, 6.07) is 10.9. The van der Waals surface area contributed by atoms with Crippen LogP contribution in [0.15, 0.2) is 56.8 Å². The van der Waals surface area contributed by atoms with Crippen molar-refractivity contribution in [2.45, 2.75) is 24.8 Å². The minimum absolute atomic E-state index is 0.109. The number of carbonyl (C=O) groups is 2. The number of aryl methyl sites for hydroxylation is 1. The molecule has 3 rings (SSSR count). The van der Waals surface area contributed by atoms with E-state index in [1.807, 2.05) is 13.0 Å². The Morgan fingerprint density at radius 3 is 2.66 bits per heavy atom. The maximum absolute atomic E-state index is 12.3. The van der Waals surface area contributed by atoms with E-state index in [0.717, 1.165) is 10.0 Å². The molecule has 3 N–H and O–H groups in total. The minimum atomic E-state index is -3.67. The van der Waals surface area contributed by atoms with Crippen LogP contribution in [0.25, 0.3) is 0 Å². The highest BCUT2D eigenvalue weighted by atomic mass is 79.9. The van der Waals surface area contributed by atoms with Crippen LogP contribution in [0, 0.1) is 6.92 Å². The summed E-state index contributed by atoms with van der Waals surface area (Å²) in [5, 5.41) is 5.23. The Labute approximate surface area is 177 Å². The van der Waals surface area contributed by atoms with Crippen LogP contribution in [0.3, 0.4) is 0 Å². The highest BCUT2D eigenvalue weighted by Crippen LogP contribution is 2.22. The van der Waals surface area contributed by atoms with Crippen molar-refractivity contribution < 1.29 is 18.0 Å². The zero-order chi connectivity index (χ0) is 21.2. The third-order valence-electron chi connectivity index (χ3n) is 4.25. The molecule has 0 saturated carbocycles. The van der Waals surface area contributed by atoms with Gasteiger partial charge in [-0.15, -0.1) is 0 Å². The molecule has 1 atom stereocenters. The first kappa shape index (κ1) is 21.0. The molecule has 0 unspecified atom stereocenters. The lowest BCUT2D eigenvalue weighted by Gasteiger charge is -2.11. The molecule has 0 aromatic heterocycles. The molecule has 2 amide bonds. The van der Waals surface area contributed by atoms with E-state index in [9.17, 15) is 18.0 Å². The second-order valence-electron chi connectivity index (χ2n) is 6.48. The summed E-state index contributed by atoms with van der Waals surface area (Å²) in [7, 11) is -3.67. The summed E-state index contributed by atoms with van der Waals surface area (Å²) in [5.74, 6) is -0.766. The molecule has 0 bridgehead atoms. The van der Waals surface area contributed by atoms with Crippen LogP contribution in [-0.4, -0.2) is 38.7 Å². The molecule has 1 aliphatic heterocycles. The van der Waals surface area contributed by atoms with Crippen molar-refractivity contribution >= 4 is 49.3 Å². The number of carbonyl (C=O) groups excluding carboxylic acids is 2. The van der Waals surface area contributed by atoms with Gasteiger partial charge in [0.25, 0.3) is 10.0 Å². The number of amidine groups is 1. The molecule has 29 heavy (non-hydrogen) atoms. The Hall–Kier alpha value is -2.72. The Bertz CT molecular complexity index is 1110. The lowest BCUT2D eigenvalue weighted by molar-refractivity contribution is -0.124. The molecule has 0 radical (unpaired) electrons. The van der Waals surface area contributed by atoms with Crippen molar-refractivity contribution in [3.8, 4) is 0 Å². The fourth-order valence-electron chi connectivity index (χ4n) is 2.76. The first-order chi connectivity index (χ1) is 13.7. The minimum Gasteiger partial charge on any atom is -0.345 e. The van der Waals surface area contributed by atoms with Crippen molar-refractivity contribution in [3.05, 3.63) is 58.1 Å². The Balaban J connectivity index is 1.61. The van der Waals surface area contributed by atoms with Gasteiger partial charge in [0.1, 0.15) is 11.9 Å². The van der Waals surface area contributed by atoms with Gasteiger partial charge in [0.05, 0.1) is 11.4 Å². The predicted molar refractivity (Wildman–Crippen MR) is 113 cm³/mol. The number of benzene rings is 2. The average molecular weight is 479 g/mol. The van der Waals surface area contributed by atoms with Gasteiger partial charge < -0.3 is 10.6 Å². The number of anilines is 1. The predicted octanol–water partition coefficient (Wildman–Crippen LogP) is 1.94. The molecule has 1 heterocycles. The van der Waals surface area contributed by atoms with Crippen LogP contribution < -0.4 is 15.4 Å². The first-order valence-electron chi connectivity index (χ1n) is 8.71. The third-order valence-corrected chi connectivity index (χ3v) is 6.14. The number of rotatable bonds is 5. The first-order valence-corrected chi connectivity index (χ1v) is 11.0. The van der Waals surface area contributed by atoms with Crippen molar-refractivity contribution in [3.63, 3.8) is 0 Å². The van der Waals surface area contributed by atoms with Gasteiger partial charge in [-0.2, -0.15) is 0 Å². The number of nitrogens with one attached hydrogen (secondary N) is 3. The number of halogens is 1. The number of nitrogens with zero attached hydrogens (tertiary/aromatic N) is 1. The number of aliphatic imine (C=N–C) groups is 1. The molecule has 1 aliphatic rings. The number of hydrogen-bond acceptors (Lipinski definition) is 5. The van der Waals surface area contributed by atoms with Crippen LogP contribution in [0.2, 0.25) is 0 Å². The fraction of sp³-hybridized carbons (Fsp3) is 0.211. The van der Waals surface area contributed by atoms with Gasteiger partial charge in [-0.25, -0.2) is 8.42 Å². The second-order valence-corrected chi connectivity index (χ2v) is 9.05. The molecule has 10 heteroatoms. The van der Waals surface area contributed by atoms with Gasteiger partial charge in [-0.3, -0.25) is 19.3 Å². The number of hydrogen-bond donors (Lipinski definition) is 3. The largest absolute Gasteiger partial charge is 0.345 e. The molecule has 0 aliphatic carbocycles. The summed E-state index contributed by atoms with van der Waals surface area (Å²) < 4.78 is 27.5. The van der Waals surface area contributed by atoms with Crippen LogP contribution in [0.4, 0.5) is 5.69 Å². The maximum Gasteiger partial charge on any atom is 0.263 e. The van der Waals surface area contributed by atoms with Crippen molar-refractivity contribution in [2.24, 2.45) is 4.99 Å². The molecule has 0 spiro atoms. The van der Waals surface area contributed by atoms with E-state index in [2.05, 4.69) is 36.3 Å². The van der Waals surface area contributed by atoms with E-state index in [-0.39, 0.29) is 23.2 Å². The van der Waals surface area contributed by atoms with Gasteiger partial charge in [0.2, 0.25) is 11.8 Å². The molecule has 8 nitrogen and oxygen atoms in total. The third kappa shape index (κ3) is 4.83. The van der Waals surface area contributed by atoms with E-state index in [1.165, 1.54) is 13.0 Å². The van der Waals surface area contributed by atoms with E-state index in [0.29, 0.717) is 11.3 Å². The van der Waals surface area contributed by atoms with Crippen molar-refractivity contribution in [1.82, 2.24) is 10.0 Å². The standard InChI is InChI=1S/C19H19BrN4O4S/c1-11-9-13(20)7-8-15(11)23-17(25)10-21-19(26)12(2)22-18-14-5-3-4-6-16(14)29(27,28)24-18/h3-9,12H,10H2,1-2H3,(H,21,26)(H,22,24)(H,23,25)/t12-/m0/s1. The zero-order valence-corrected chi connectivity index (χ0v) is 18.1. The second kappa shape index (κ2) is 8.34. The van der Waals surface area contributed by atoms with E-state index >= 15 is 0 Å². The normalized spacial score (nSPS) is 16.6. The van der Waals surface area contributed by atoms with E-state index in [1.54, 1.807) is 30.3 Å². The van der Waals surface area contributed by atoms with Gasteiger partial charge >= 0.3 is 0 Å². The Morgan fingerprint density at radius 2 is 1.93 bits per heavy atom. The number of fused-ring (bicyclic) bond motifs is 1. The molecule has 2 aromatic rings. The lowest BCUT2D eigenvalue weighted by atomic mass is 10.2. The van der Waals surface area contributed by atoms with E-state index in [4.69, 9.17) is 0 Å². The van der Waals surface area contributed by atoms with Crippen molar-refractivity contribution in [1.29, 1.82) is 0 Å². The van der Waals surface area contributed by atoms with E-state index < -0.39 is 22.0 Å².